The smallest absolute Gasteiger partial charge is 0.243 e. The number of hydrogen-bond donors (Lipinski definition) is 1. The van der Waals surface area contributed by atoms with Crippen LogP contribution in [0.15, 0.2) is 18.3 Å². The van der Waals surface area contributed by atoms with Gasteiger partial charge in [-0.3, -0.25) is 0 Å². The molecule has 0 amide bonds. The first-order valence-electron chi connectivity index (χ1n) is 7.67. The number of halogens is 1. The van der Waals surface area contributed by atoms with Crippen molar-refractivity contribution in [1.82, 2.24) is 19.5 Å². The van der Waals surface area contributed by atoms with Gasteiger partial charge < -0.3 is 10.2 Å². The van der Waals surface area contributed by atoms with Crippen LogP contribution >= 0.6 is 0 Å². The zero-order valence-electron chi connectivity index (χ0n) is 12.2. The number of anilines is 1. The highest BCUT2D eigenvalue weighted by molar-refractivity contribution is 5.43. The average Bonchev–Trinajstić information content (AvgIpc) is 2.93. The van der Waals surface area contributed by atoms with Gasteiger partial charge in [-0.1, -0.05) is 0 Å². The van der Waals surface area contributed by atoms with E-state index in [0.717, 1.165) is 18.6 Å². The number of nitrogens with zero attached hydrogens (tertiary/aromatic N) is 4. The molecule has 2 aliphatic heterocycles. The van der Waals surface area contributed by atoms with Crippen molar-refractivity contribution in [2.24, 2.45) is 5.92 Å². The van der Waals surface area contributed by atoms with E-state index in [-0.39, 0.29) is 5.82 Å². The lowest BCUT2D eigenvalue weighted by molar-refractivity contribution is 0.139. The fourth-order valence-corrected chi connectivity index (χ4v) is 3.86. The van der Waals surface area contributed by atoms with Gasteiger partial charge in [0.25, 0.3) is 0 Å². The number of hydrogen-bond acceptors (Lipinski definition) is 4. The van der Waals surface area contributed by atoms with E-state index < -0.39 is 0 Å². The van der Waals surface area contributed by atoms with Crippen LogP contribution in [0.5, 0.6) is 0 Å². The Morgan fingerprint density at radius 2 is 2.05 bits per heavy atom. The second-order valence-corrected chi connectivity index (χ2v) is 6.35. The molecule has 5 nitrogen and oxygen atoms in total. The maximum Gasteiger partial charge on any atom is 0.243 e. The molecule has 0 aromatic carbocycles. The quantitative estimate of drug-likeness (QED) is 0.940. The summed E-state index contributed by atoms with van der Waals surface area (Å²) >= 11 is 0. The molecule has 21 heavy (non-hydrogen) atoms. The van der Waals surface area contributed by atoms with Crippen molar-refractivity contribution < 1.29 is 4.39 Å². The molecule has 0 aliphatic carbocycles. The summed E-state index contributed by atoms with van der Waals surface area (Å²) in [7, 11) is 2.25. The molecule has 1 N–H and O–H groups in total. The minimum atomic E-state index is -0.300. The van der Waals surface area contributed by atoms with Crippen molar-refractivity contribution in [3.63, 3.8) is 0 Å². The van der Waals surface area contributed by atoms with E-state index in [4.69, 9.17) is 0 Å². The van der Waals surface area contributed by atoms with E-state index in [1.54, 1.807) is 6.07 Å². The van der Waals surface area contributed by atoms with Gasteiger partial charge in [-0.15, -0.1) is 5.10 Å². The molecule has 2 aromatic rings. The van der Waals surface area contributed by atoms with Crippen molar-refractivity contribution in [2.75, 3.05) is 18.9 Å². The van der Waals surface area contributed by atoms with Gasteiger partial charge in [-0.25, -0.2) is 8.91 Å². The molecular formula is C15H20FN5. The summed E-state index contributed by atoms with van der Waals surface area (Å²) in [6.07, 6.45) is 6.53. The maximum atomic E-state index is 13.1. The largest absolute Gasteiger partial charge is 0.353 e. The fourth-order valence-electron chi connectivity index (χ4n) is 3.86. The first kappa shape index (κ1) is 13.0. The molecule has 2 bridgehead atoms. The third kappa shape index (κ3) is 2.37. The minimum Gasteiger partial charge on any atom is -0.353 e. The Morgan fingerprint density at radius 1 is 1.29 bits per heavy atom. The van der Waals surface area contributed by atoms with Crippen LogP contribution in [0.25, 0.3) is 5.65 Å². The molecular weight excluding hydrogens is 269 g/mol. The van der Waals surface area contributed by atoms with Crippen LogP contribution in [-0.4, -0.2) is 45.2 Å². The second-order valence-electron chi connectivity index (χ2n) is 6.35. The van der Waals surface area contributed by atoms with E-state index in [1.165, 1.54) is 42.5 Å². The van der Waals surface area contributed by atoms with E-state index >= 15 is 0 Å². The molecule has 0 spiro atoms. The van der Waals surface area contributed by atoms with E-state index in [9.17, 15) is 4.39 Å². The Kier molecular flexibility index (Phi) is 3.06. The summed E-state index contributed by atoms with van der Waals surface area (Å²) in [5, 5.41) is 7.59. The number of fused-ring (bicyclic) bond motifs is 3. The van der Waals surface area contributed by atoms with Gasteiger partial charge in [-0.05, 0) is 50.8 Å². The summed E-state index contributed by atoms with van der Waals surface area (Å²) in [5.74, 6) is 0.972. The third-order valence-electron chi connectivity index (χ3n) is 5.04. The van der Waals surface area contributed by atoms with E-state index in [2.05, 4.69) is 27.3 Å². The second kappa shape index (κ2) is 4.94. The van der Waals surface area contributed by atoms with Gasteiger partial charge >= 0.3 is 0 Å². The average molecular weight is 289 g/mol. The zero-order valence-corrected chi connectivity index (χ0v) is 12.2. The third-order valence-corrected chi connectivity index (χ3v) is 5.04. The van der Waals surface area contributed by atoms with Gasteiger partial charge in [0.05, 0.1) is 6.20 Å². The number of nitrogens with one attached hydrogen (secondary N) is 1. The summed E-state index contributed by atoms with van der Waals surface area (Å²) in [5.41, 5.74) is 0.669. The molecule has 112 valence electrons. The molecule has 2 aromatic heterocycles. The lowest BCUT2D eigenvalue weighted by Gasteiger charge is -2.36. The van der Waals surface area contributed by atoms with Gasteiger partial charge in [-0.2, -0.15) is 4.98 Å². The molecule has 2 saturated heterocycles. The van der Waals surface area contributed by atoms with Gasteiger partial charge in [0.1, 0.15) is 5.82 Å². The monoisotopic (exact) mass is 289 g/mol. The minimum absolute atomic E-state index is 0.300. The zero-order chi connectivity index (χ0) is 14.4. The molecule has 4 heterocycles. The highest BCUT2D eigenvalue weighted by Crippen LogP contribution is 2.37. The molecule has 2 unspecified atom stereocenters. The van der Waals surface area contributed by atoms with Gasteiger partial charge in [0, 0.05) is 18.6 Å². The maximum absolute atomic E-state index is 13.1. The van der Waals surface area contributed by atoms with Crippen molar-refractivity contribution in [2.45, 2.75) is 37.8 Å². The molecule has 4 rings (SSSR count). The summed E-state index contributed by atoms with van der Waals surface area (Å²) in [6, 6.07) is 4.54. The van der Waals surface area contributed by atoms with Crippen molar-refractivity contribution >= 4 is 11.6 Å². The highest BCUT2D eigenvalue weighted by atomic mass is 19.1. The number of rotatable bonds is 3. The van der Waals surface area contributed by atoms with E-state index in [0.29, 0.717) is 17.5 Å². The standard InChI is InChI=1S/C15H20FN5/c1-20-12-3-4-13(20)7-10(6-12)8-17-15-18-14-5-2-11(16)9-21(14)19-15/h2,5,9-10,12-13H,3-4,6-8H2,1H3,(H,17,19). The molecule has 0 radical (unpaired) electrons. The van der Waals surface area contributed by atoms with Crippen LogP contribution in [0, 0.1) is 11.7 Å². The normalized spacial score (nSPS) is 29.1. The predicted molar refractivity (Wildman–Crippen MR) is 78.7 cm³/mol. The van der Waals surface area contributed by atoms with Crippen LogP contribution < -0.4 is 5.32 Å². The molecule has 0 saturated carbocycles. The highest BCUT2D eigenvalue weighted by Gasteiger charge is 2.38. The van der Waals surface area contributed by atoms with Crippen LogP contribution in [0.4, 0.5) is 10.3 Å². The Balaban J connectivity index is 1.42. The SMILES string of the molecule is CN1C2CCC1CC(CNc1nc3ccc(F)cn3n1)C2. The van der Waals surface area contributed by atoms with Crippen LogP contribution in [0.1, 0.15) is 25.7 Å². The van der Waals surface area contributed by atoms with Crippen LogP contribution in [0.3, 0.4) is 0 Å². The fraction of sp³-hybridized carbons (Fsp3) is 0.600. The molecule has 2 atom stereocenters. The topological polar surface area (TPSA) is 45.5 Å². The Labute approximate surface area is 123 Å². The summed E-state index contributed by atoms with van der Waals surface area (Å²) in [6.45, 7) is 0.903. The van der Waals surface area contributed by atoms with Crippen LogP contribution in [-0.2, 0) is 0 Å². The van der Waals surface area contributed by atoms with Gasteiger partial charge in [0.15, 0.2) is 5.65 Å². The lowest BCUT2D eigenvalue weighted by Crippen LogP contribution is -2.41. The Bertz CT molecular complexity index is 641. The van der Waals surface area contributed by atoms with Gasteiger partial charge in [0.2, 0.25) is 5.95 Å². The molecule has 2 fully saturated rings. The molecule has 6 heteroatoms. The number of aromatic nitrogens is 3. The first-order valence-corrected chi connectivity index (χ1v) is 7.67. The van der Waals surface area contributed by atoms with E-state index in [1.807, 2.05) is 0 Å². The first-order chi connectivity index (χ1) is 10.2. The van der Waals surface area contributed by atoms with Crippen LogP contribution in [0.2, 0.25) is 0 Å². The summed E-state index contributed by atoms with van der Waals surface area (Å²) in [4.78, 5) is 6.91. The predicted octanol–water partition coefficient (Wildman–Crippen LogP) is 2.15. The number of piperidine rings is 1. The van der Waals surface area contributed by atoms with Crippen molar-refractivity contribution in [3.8, 4) is 0 Å². The Morgan fingerprint density at radius 3 is 2.81 bits per heavy atom. The molecule has 2 aliphatic rings. The number of pyridine rings is 1. The van der Waals surface area contributed by atoms with Crippen molar-refractivity contribution in [3.05, 3.63) is 24.1 Å². The summed E-state index contributed by atoms with van der Waals surface area (Å²) < 4.78 is 14.6. The van der Waals surface area contributed by atoms with Crippen molar-refractivity contribution in [1.29, 1.82) is 0 Å². The Hall–Kier alpha value is -1.69. The lowest BCUT2D eigenvalue weighted by atomic mass is 9.91.